The molecule has 0 radical (unpaired) electrons. The minimum atomic E-state index is -0.561. The van der Waals surface area contributed by atoms with E-state index in [0.29, 0.717) is 29.2 Å². The third-order valence-electron chi connectivity index (χ3n) is 5.17. The fourth-order valence-electron chi connectivity index (χ4n) is 3.53. The van der Waals surface area contributed by atoms with Gasteiger partial charge in [-0.05, 0) is 27.2 Å². The Balaban J connectivity index is 1.56. The average molecular weight is 421 g/mol. The molecule has 2 aromatic rings. The summed E-state index contributed by atoms with van der Waals surface area (Å²) in [6, 6.07) is 0.247. The van der Waals surface area contributed by atoms with E-state index in [1.54, 1.807) is 24.3 Å². The van der Waals surface area contributed by atoms with Gasteiger partial charge in [0.05, 0.1) is 19.0 Å². The van der Waals surface area contributed by atoms with Gasteiger partial charge in [0.25, 0.3) is 5.91 Å². The number of amidine groups is 1. The van der Waals surface area contributed by atoms with Crippen molar-refractivity contribution >= 4 is 40.0 Å². The van der Waals surface area contributed by atoms with Crippen LogP contribution in [0.2, 0.25) is 0 Å². The summed E-state index contributed by atoms with van der Waals surface area (Å²) in [6.07, 6.45) is 4.51. The summed E-state index contributed by atoms with van der Waals surface area (Å²) >= 11 is 3.07. The maximum absolute atomic E-state index is 12.5. The fraction of sp³-hybridized carbons (Fsp3) is 0.556. The van der Waals surface area contributed by atoms with Crippen molar-refractivity contribution in [2.24, 2.45) is 16.6 Å². The number of aromatic nitrogens is 3. The lowest BCUT2D eigenvalue weighted by Crippen LogP contribution is -2.49. The number of ether oxygens (including phenoxy) is 1. The first-order valence-electron chi connectivity index (χ1n) is 9.28. The van der Waals surface area contributed by atoms with Crippen LogP contribution in [0.5, 0.6) is 0 Å². The third kappa shape index (κ3) is 3.56. The van der Waals surface area contributed by atoms with Crippen LogP contribution in [0.15, 0.2) is 22.9 Å². The van der Waals surface area contributed by atoms with Gasteiger partial charge in [-0.3, -0.25) is 4.79 Å². The number of imidazole rings is 1. The van der Waals surface area contributed by atoms with Crippen LogP contribution >= 0.6 is 23.1 Å². The summed E-state index contributed by atoms with van der Waals surface area (Å²) < 4.78 is 7.82. The molecule has 0 aliphatic carbocycles. The molecule has 1 saturated heterocycles. The molecule has 4 rings (SSSR count). The second-order valence-corrected chi connectivity index (χ2v) is 9.43. The molecule has 0 spiro atoms. The van der Waals surface area contributed by atoms with Crippen molar-refractivity contribution in [3.63, 3.8) is 0 Å². The van der Waals surface area contributed by atoms with Crippen molar-refractivity contribution in [1.29, 1.82) is 0 Å². The van der Waals surface area contributed by atoms with Crippen LogP contribution in [0, 0.1) is 5.92 Å². The molecule has 1 unspecified atom stereocenters. The van der Waals surface area contributed by atoms with E-state index in [2.05, 4.69) is 22.2 Å². The van der Waals surface area contributed by atoms with E-state index in [-0.39, 0.29) is 18.1 Å². The zero-order valence-electron chi connectivity index (χ0n) is 16.1. The Hall–Kier alpha value is -1.91. The number of nitrogens with two attached hydrogens (primary N) is 1. The Labute approximate surface area is 172 Å². The van der Waals surface area contributed by atoms with E-state index < -0.39 is 5.54 Å². The number of thioether (sulfide) groups is 1. The number of hydrogen-bond donors (Lipinski definition) is 2. The Morgan fingerprint density at radius 2 is 2.32 bits per heavy atom. The van der Waals surface area contributed by atoms with Gasteiger partial charge >= 0.3 is 0 Å². The highest BCUT2D eigenvalue weighted by atomic mass is 32.2. The maximum Gasteiger partial charge on any atom is 0.277 e. The minimum Gasteiger partial charge on any atom is -0.379 e. The molecule has 3 N–H and O–H groups in total. The van der Waals surface area contributed by atoms with Gasteiger partial charge in [0.2, 0.25) is 0 Å². The molecule has 2 aliphatic heterocycles. The number of thiazole rings is 1. The highest BCUT2D eigenvalue weighted by molar-refractivity contribution is 8.13. The maximum atomic E-state index is 12.5. The van der Waals surface area contributed by atoms with Crippen molar-refractivity contribution < 1.29 is 9.53 Å². The molecule has 150 valence electrons. The number of amides is 1. The van der Waals surface area contributed by atoms with E-state index >= 15 is 0 Å². The monoisotopic (exact) mass is 420 g/mol. The molecule has 4 heterocycles. The Morgan fingerprint density at radius 1 is 1.50 bits per heavy atom. The molecule has 2 aromatic heterocycles. The molecule has 10 heteroatoms. The SMILES string of the molecule is CC(C)n1cnc(C(=O)Nc2csc(C34CO[C@@H](C)C[C@H]3CSC(N)=N4)n2)c1. The number of nitrogens with one attached hydrogen (secondary N) is 1. The lowest BCUT2D eigenvalue weighted by Gasteiger charge is -2.44. The third-order valence-corrected chi connectivity index (χ3v) is 7.13. The van der Waals surface area contributed by atoms with Gasteiger partial charge in [0.1, 0.15) is 22.1 Å². The summed E-state index contributed by atoms with van der Waals surface area (Å²) in [7, 11) is 0. The average Bonchev–Trinajstić information content (AvgIpc) is 3.32. The second-order valence-electron chi connectivity index (χ2n) is 7.53. The number of rotatable bonds is 4. The molecule has 3 atom stereocenters. The normalized spacial score (nSPS) is 27.4. The first-order valence-corrected chi connectivity index (χ1v) is 11.1. The molecule has 2 aliphatic rings. The predicted molar refractivity (Wildman–Crippen MR) is 112 cm³/mol. The predicted octanol–water partition coefficient (Wildman–Crippen LogP) is 2.85. The number of carbonyl (C=O) groups excluding carboxylic acids is 1. The van der Waals surface area contributed by atoms with Crippen molar-refractivity contribution in [2.75, 3.05) is 17.7 Å². The Morgan fingerprint density at radius 3 is 3.07 bits per heavy atom. The van der Waals surface area contributed by atoms with Crippen LogP contribution in [-0.4, -0.2) is 44.1 Å². The lowest BCUT2D eigenvalue weighted by atomic mass is 9.80. The minimum absolute atomic E-state index is 0.198. The van der Waals surface area contributed by atoms with Gasteiger partial charge in [-0.1, -0.05) is 11.8 Å². The molecule has 28 heavy (non-hydrogen) atoms. The fourth-order valence-corrected chi connectivity index (χ4v) is 5.50. The molecule has 0 saturated carbocycles. The smallest absolute Gasteiger partial charge is 0.277 e. The van der Waals surface area contributed by atoms with Crippen LogP contribution in [0.3, 0.4) is 0 Å². The van der Waals surface area contributed by atoms with Crippen LogP contribution < -0.4 is 11.1 Å². The molecular weight excluding hydrogens is 396 g/mol. The number of hydrogen-bond acceptors (Lipinski definition) is 8. The van der Waals surface area contributed by atoms with Gasteiger partial charge < -0.3 is 20.4 Å². The molecule has 8 nitrogen and oxygen atoms in total. The number of anilines is 1. The largest absolute Gasteiger partial charge is 0.379 e. The topological polar surface area (TPSA) is 107 Å². The van der Waals surface area contributed by atoms with Gasteiger partial charge in [0.15, 0.2) is 5.17 Å². The van der Waals surface area contributed by atoms with Gasteiger partial charge in [-0.15, -0.1) is 11.3 Å². The molecule has 1 fully saturated rings. The standard InChI is InChI=1S/C18H24N6O2S2/c1-10(2)24-5-13(20-9-24)15(25)21-14-7-27-16(22-14)18-8-26-11(3)4-12(18)6-28-17(19)23-18/h5,7,9-12H,4,6,8H2,1-3H3,(H2,19,23)(H,21,25)/t11-,12-,18?/m0/s1. The number of nitrogens with zero attached hydrogens (tertiary/aromatic N) is 4. The molecule has 0 aromatic carbocycles. The van der Waals surface area contributed by atoms with Crippen molar-refractivity contribution in [3.05, 3.63) is 28.6 Å². The van der Waals surface area contributed by atoms with Crippen LogP contribution in [-0.2, 0) is 10.3 Å². The van der Waals surface area contributed by atoms with Crippen molar-refractivity contribution in [3.8, 4) is 0 Å². The number of aliphatic imine (C=N–C) groups is 1. The zero-order valence-corrected chi connectivity index (χ0v) is 17.7. The van der Waals surface area contributed by atoms with E-state index in [9.17, 15) is 4.79 Å². The molecular formula is C18H24N6O2S2. The molecule has 1 amide bonds. The lowest BCUT2D eigenvalue weighted by molar-refractivity contribution is -0.0466. The van der Waals surface area contributed by atoms with E-state index in [1.165, 1.54) is 11.3 Å². The van der Waals surface area contributed by atoms with Crippen molar-refractivity contribution in [2.45, 2.75) is 44.9 Å². The zero-order chi connectivity index (χ0) is 19.9. The summed E-state index contributed by atoms with van der Waals surface area (Å²) in [5, 5.41) is 6.07. The summed E-state index contributed by atoms with van der Waals surface area (Å²) in [6.45, 7) is 6.61. The molecule has 0 bridgehead atoms. The Bertz CT molecular complexity index is 908. The van der Waals surface area contributed by atoms with E-state index in [4.69, 9.17) is 15.5 Å². The number of fused-ring (bicyclic) bond motifs is 1. The number of carbonyl (C=O) groups is 1. The van der Waals surface area contributed by atoms with E-state index in [1.807, 2.05) is 23.8 Å². The van der Waals surface area contributed by atoms with Gasteiger partial charge in [-0.25, -0.2) is 15.0 Å². The van der Waals surface area contributed by atoms with E-state index in [0.717, 1.165) is 17.2 Å². The summed E-state index contributed by atoms with van der Waals surface area (Å²) in [5.74, 6) is 1.44. The summed E-state index contributed by atoms with van der Waals surface area (Å²) in [5.41, 5.74) is 5.85. The first kappa shape index (κ1) is 19.4. The quantitative estimate of drug-likeness (QED) is 0.787. The van der Waals surface area contributed by atoms with Crippen LogP contribution in [0.25, 0.3) is 0 Å². The first-order chi connectivity index (χ1) is 13.4. The second kappa shape index (κ2) is 7.49. The van der Waals surface area contributed by atoms with Gasteiger partial charge in [0, 0.05) is 29.3 Å². The van der Waals surface area contributed by atoms with Gasteiger partial charge in [-0.2, -0.15) is 0 Å². The Kier molecular flexibility index (Phi) is 5.19. The van der Waals surface area contributed by atoms with Crippen LogP contribution in [0.4, 0.5) is 5.82 Å². The highest BCUT2D eigenvalue weighted by Gasteiger charge is 2.49. The van der Waals surface area contributed by atoms with Crippen molar-refractivity contribution in [1.82, 2.24) is 14.5 Å². The summed E-state index contributed by atoms with van der Waals surface area (Å²) in [4.78, 5) is 26.1. The highest BCUT2D eigenvalue weighted by Crippen LogP contribution is 2.47. The van der Waals surface area contributed by atoms with Crippen LogP contribution in [0.1, 0.15) is 48.7 Å².